The van der Waals surface area contributed by atoms with Gasteiger partial charge in [0.1, 0.15) is 5.60 Å². The zero-order valence-electron chi connectivity index (χ0n) is 9.38. The highest BCUT2D eigenvalue weighted by Gasteiger charge is 2.32. The molecule has 80 valence electrons. The Balaban J connectivity index is 2.40. The third-order valence-corrected chi connectivity index (χ3v) is 2.46. The SMILES string of the molecule is [CH2]CC1C[CH]C(C(=O)OC(C)(C)C)C1. The van der Waals surface area contributed by atoms with Gasteiger partial charge in [-0.25, -0.2) is 0 Å². The van der Waals surface area contributed by atoms with Crippen LogP contribution in [0, 0.1) is 25.2 Å². The highest BCUT2D eigenvalue weighted by Crippen LogP contribution is 2.33. The Kier molecular flexibility index (Phi) is 3.57. The van der Waals surface area contributed by atoms with Crippen molar-refractivity contribution in [1.29, 1.82) is 0 Å². The van der Waals surface area contributed by atoms with Gasteiger partial charge in [0, 0.05) is 0 Å². The molecule has 0 spiro atoms. The van der Waals surface area contributed by atoms with E-state index in [0.29, 0.717) is 5.92 Å². The summed E-state index contributed by atoms with van der Waals surface area (Å²) in [4.78, 5) is 11.6. The summed E-state index contributed by atoms with van der Waals surface area (Å²) < 4.78 is 5.32. The molecule has 0 aromatic heterocycles. The number of carbonyl (C=O) groups excluding carboxylic acids is 1. The second-order valence-corrected chi connectivity index (χ2v) is 5.00. The van der Waals surface area contributed by atoms with E-state index in [0.717, 1.165) is 19.3 Å². The average Bonchev–Trinajstić information content (AvgIpc) is 2.48. The van der Waals surface area contributed by atoms with Crippen molar-refractivity contribution in [3.05, 3.63) is 13.3 Å². The quantitative estimate of drug-likeness (QED) is 0.635. The number of rotatable bonds is 2. The fraction of sp³-hybridized carbons (Fsp3) is 0.750. The first-order valence-corrected chi connectivity index (χ1v) is 5.28. The van der Waals surface area contributed by atoms with Crippen molar-refractivity contribution in [3.63, 3.8) is 0 Å². The molecule has 2 unspecified atom stereocenters. The van der Waals surface area contributed by atoms with Gasteiger partial charge in [-0.2, -0.15) is 0 Å². The second-order valence-electron chi connectivity index (χ2n) is 5.00. The zero-order chi connectivity index (χ0) is 10.8. The van der Waals surface area contributed by atoms with E-state index >= 15 is 0 Å². The molecule has 2 radical (unpaired) electrons. The van der Waals surface area contributed by atoms with Crippen molar-refractivity contribution in [1.82, 2.24) is 0 Å². The van der Waals surface area contributed by atoms with Crippen molar-refractivity contribution in [2.75, 3.05) is 0 Å². The maximum Gasteiger partial charge on any atom is 0.309 e. The van der Waals surface area contributed by atoms with Crippen LogP contribution < -0.4 is 0 Å². The summed E-state index contributed by atoms with van der Waals surface area (Å²) in [6, 6.07) is 0. The van der Waals surface area contributed by atoms with E-state index in [4.69, 9.17) is 4.74 Å². The van der Waals surface area contributed by atoms with Gasteiger partial charge in [0.05, 0.1) is 5.92 Å². The lowest BCUT2D eigenvalue weighted by Gasteiger charge is -2.21. The van der Waals surface area contributed by atoms with Crippen LogP contribution in [0.1, 0.15) is 40.0 Å². The molecule has 1 aliphatic carbocycles. The van der Waals surface area contributed by atoms with Gasteiger partial charge in [-0.3, -0.25) is 4.79 Å². The Morgan fingerprint density at radius 1 is 1.57 bits per heavy atom. The molecule has 0 saturated heterocycles. The van der Waals surface area contributed by atoms with E-state index in [1.165, 1.54) is 0 Å². The fourth-order valence-electron chi connectivity index (χ4n) is 1.71. The van der Waals surface area contributed by atoms with Gasteiger partial charge in [-0.15, -0.1) is 0 Å². The first-order valence-electron chi connectivity index (χ1n) is 5.28. The Morgan fingerprint density at radius 3 is 2.64 bits per heavy atom. The zero-order valence-corrected chi connectivity index (χ0v) is 9.38. The smallest absolute Gasteiger partial charge is 0.309 e. The van der Waals surface area contributed by atoms with Gasteiger partial charge in [0.2, 0.25) is 0 Å². The van der Waals surface area contributed by atoms with E-state index in [9.17, 15) is 4.79 Å². The van der Waals surface area contributed by atoms with Crippen molar-refractivity contribution in [2.24, 2.45) is 11.8 Å². The number of hydrogen-bond acceptors (Lipinski definition) is 2. The van der Waals surface area contributed by atoms with E-state index in [2.05, 4.69) is 13.3 Å². The largest absolute Gasteiger partial charge is 0.460 e. The van der Waals surface area contributed by atoms with Crippen LogP contribution in [-0.4, -0.2) is 11.6 Å². The summed E-state index contributed by atoms with van der Waals surface area (Å²) in [6.07, 6.45) is 4.91. The molecule has 0 N–H and O–H groups in total. The normalized spacial score (nSPS) is 27.7. The van der Waals surface area contributed by atoms with Crippen LogP contribution in [0.25, 0.3) is 0 Å². The van der Waals surface area contributed by atoms with Gasteiger partial charge < -0.3 is 4.74 Å². The van der Waals surface area contributed by atoms with Crippen LogP contribution in [0.15, 0.2) is 0 Å². The van der Waals surface area contributed by atoms with Crippen molar-refractivity contribution in [2.45, 2.75) is 45.6 Å². The summed E-state index contributed by atoms with van der Waals surface area (Å²) in [6.45, 7) is 9.57. The minimum Gasteiger partial charge on any atom is -0.460 e. The molecule has 1 rings (SSSR count). The maximum absolute atomic E-state index is 11.6. The van der Waals surface area contributed by atoms with Gasteiger partial charge in [-0.1, -0.05) is 13.3 Å². The number of ether oxygens (including phenoxy) is 1. The molecule has 1 saturated carbocycles. The average molecular weight is 196 g/mol. The molecule has 0 aromatic rings. The topological polar surface area (TPSA) is 26.3 Å². The Morgan fingerprint density at radius 2 is 2.21 bits per heavy atom. The molecular formula is C12H20O2. The van der Waals surface area contributed by atoms with E-state index < -0.39 is 0 Å². The molecule has 0 heterocycles. The highest BCUT2D eigenvalue weighted by atomic mass is 16.6. The summed E-state index contributed by atoms with van der Waals surface area (Å²) in [5.74, 6) is 0.502. The third-order valence-electron chi connectivity index (χ3n) is 2.46. The van der Waals surface area contributed by atoms with Crippen LogP contribution >= 0.6 is 0 Å². The number of hydrogen-bond donors (Lipinski definition) is 0. The van der Waals surface area contributed by atoms with Gasteiger partial charge in [0.15, 0.2) is 0 Å². The molecule has 0 bridgehead atoms. The predicted molar refractivity (Wildman–Crippen MR) is 56.3 cm³/mol. The second kappa shape index (κ2) is 4.33. The third kappa shape index (κ3) is 3.32. The van der Waals surface area contributed by atoms with Crippen LogP contribution in [0.4, 0.5) is 0 Å². The molecule has 2 atom stereocenters. The Bertz CT molecular complexity index is 203. The van der Waals surface area contributed by atoms with E-state index in [1.54, 1.807) is 0 Å². The molecule has 1 fully saturated rings. The summed E-state index contributed by atoms with van der Waals surface area (Å²) >= 11 is 0. The Hall–Kier alpha value is -0.530. The van der Waals surface area contributed by atoms with Crippen LogP contribution in [0.3, 0.4) is 0 Å². The van der Waals surface area contributed by atoms with Crippen LogP contribution in [0.5, 0.6) is 0 Å². The molecule has 0 aromatic carbocycles. The minimum absolute atomic E-state index is 0.000903. The summed E-state index contributed by atoms with van der Waals surface area (Å²) in [5, 5.41) is 0. The van der Waals surface area contributed by atoms with Gasteiger partial charge in [-0.05, 0) is 46.0 Å². The highest BCUT2D eigenvalue weighted by molar-refractivity contribution is 5.74. The fourth-order valence-corrected chi connectivity index (χ4v) is 1.71. The first kappa shape index (κ1) is 11.5. The number of esters is 1. The van der Waals surface area contributed by atoms with Crippen molar-refractivity contribution in [3.8, 4) is 0 Å². The van der Waals surface area contributed by atoms with Gasteiger partial charge >= 0.3 is 5.97 Å². The van der Waals surface area contributed by atoms with Crippen LogP contribution in [-0.2, 0) is 9.53 Å². The molecule has 2 heteroatoms. The maximum atomic E-state index is 11.6. The van der Waals surface area contributed by atoms with E-state index in [1.807, 2.05) is 20.8 Å². The standard InChI is InChI=1S/C12H20O2/c1-5-9-6-7-10(8-9)11(13)14-12(2,3)4/h7,9-10H,1,5-6,8H2,2-4H3. The molecule has 0 amide bonds. The van der Waals surface area contributed by atoms with Crippen molar-refractivity contribution < 1.29 is 9.53 Å². The summed E-state index contributed by atoms with van der Waals surface area (Å²) in [5.41, 5.74) is -0.368. The lowest BCUT2D eigenvalue weighted by molar-refractivity contribution is -0.158. The Labute approximate surface area is 87.0 Å². The summed E-state index contributed by atoms with van der Waals surface area (Å²) in [7, 11) is 0. The van der Waals surface area contributed by atoms with Crippen LogP contribution in [0.2, 0.25) is 0 Å². The molecule has 2 nitrogen and oxygen atoms in total. The lowest BCUT2D eigenvalue weighted by atomic mass is 10.0. The minimum atomic E-state index is -0.368. The van der Waals surface area contributed by atoms with Gasteiger partial charge in [0.25, 0.3) is 0 Å². The van der Waals surface area contributed by atoms with E-state index in [-0.39, 0.29) is 17.5 Å². The molecule has 14 heavy (non-hydrogen) atoms. The monoisotopic (exact) mass is 196 g/mol. The lowest BCUT2D eigenvalue weighted by Crippen LogP contribution is -2.27. The molecular weight excluding hydrogens is 176 g/mol. The molecule has 0 aliphatic heterocycles. The molecule has 1 aliphatic rings. The van der Waals surface area contributed by atoms with Crippen molar-refractivity contribution >= 4 is 5.97 Å². The number of carbonyl (C=O) groups is 1. The first-order chi connectivity index (χ1) is 6.42. The predicted octanol–water partition coefficient (Wildman–Crippen LogP) is 2.78.